The molecule has 4 aliphatic carbocycles. The second kappa shape index (κ2) is 9.72. The van der Waals surface area contributed by atoms with Crippen LogP contribution in [0.1, 0.15) is 87.4 Å². The summed E-state index contributed by atoms with van der Waals surface area (Å²) in [6.45, 7) is 0.603. The molecule has 0 spiro atoms. The van der Waals surface area contributed by atoms with Crippen molar-refractivity contribution in [1.82, 2.24) is 5.32 Å². The summed E-state index contributed by atoms with van der Waals surface area (Å²) < 4.78 is 6.41. The van der Waals surface area contributed by atoms with Gasteiger partial charge in [-0.05, 0) is 86.5 Å². The van der Waals surface area contributed by atoms with Crippen LogP contribution in [0.25, 0.3) is 10.8 Å². The molecule has 5 nitrogen and oxygen atoms in total. The summed E-state index contributed by atoms with van der Waals surface area (Å²) in [7, 11) is 0. The number of carbonyl (C=O) groups is 2. The molecule has 0 radical (unpaired) electrons. The number of aliphatic carboxylic acids is 1. The molecule has 4 aliphatic rings. The molecule has 1 amide bonds. The molecule has 0 saturated heterocycles. The molecule has 4 saturated carbocycles. The number of carboxylic acid groups (broad SMARTS) is 1. The van der Waals surface area contributed by atoms with Gasteiger partial charge in [0, 0.05) is 10.8 Å². The van der Waals surface area contributed by atoms with Gasteiger partial charge in [0.1, 0.15) is 11.8 Å². The van der Waals surface area contributed by atoms with Gasteiger partial charge < -0.3 is 15.2 Å². The lowest BCUT2D eigenvalue weighted by molar-refractivity contribution is -0.148. The molecule has 3 bridgehead atoms. The van der Waals surface area contributed by atoms with Crippen LogP contribution in [0.15, 0.2) is 36.4 Å². The van der Waals surface area contributed by atoms with Gasteiger partial charge in [0.05, 0.1) is 12.2 Å². The molecule has 0 aromatic heterocycles. The molecule has 4 unspecified atom stereocenters. The normalized spacial score (nSPS) is 30.6. The van der Waals surface area contributed by atoms with Crippen LogP contribution in [-0.2, 0) is 4.79 Å². The topological polar surface area (TPSA) is 75.6 Å². The Morgan fingerprint density at radius 3 is 2.64 bits per heavy atom. The minimum atomic E-state index is -0.896. The summed E-state index contributed by atoms with van der Waals surface area (Å²) in [5, 5.41) is 15.3. The third-order valence-corrected chi connectivity index (χ3v) is 10.1. The smallest absolute Gasteiger partial charge is 0.326 e. The molecule has 2 aromatic carbocycles. The number of carboxylic acids is 1. The van der Waals surface area contributed by atoms with Gasteiger partial charge in [-0.15, -0.1) is 0 Å². The highest BCUT2D eigenvalue weighted by Gasteiger charge is 2.55. The number of ether oxygens (including phenoxy) is 1. The van der Waals surface area contributed by atoms with Crippen molar-refractivity contribution in [1.29, 1.82) is 0 Å². The third kappa shape index (κ3) is 4.39. The monoisotopic (exact) mass is 489 g/mol. The fraction of sp³-hybridized carbons (Fsp3) is 0.613. The average molecular weight is 490 g/mol. The van der Waals surface area contributed by atoms with E-state index in [1.54, 1.807) is 0 Å². The van der Waals surface area contributed by atoms with Gasteiger partial charge in [0.15, 0.2) is 0 Å². The van der Waals surface area contributed by atoms with Crippen LogP contribution in [0.3, 0.4) is 0 Å². The zero-order valence-corrected chi connectivity index (χ0v) is 21.2. The Morgan fingerprint density at radius 2 is 1.81 bits per heavy atom. The summed E-state index contributed by atoms with van der Waals surface area (Å²) in [5.41, 5.74) is 0.128. The molecule has 192 valence electrons. The van der Waals surface area contributed by atoms with Crippen LogP contribution in [0.5, 0.6) is 5.75 Å². The number of amides is 1. The first-order valence-electron chi connectivity index (χ1n) is 14.2. The average Bonchev–Trinajstić information content (AvgIpc) is 2.89. The summed E-state index contributed by atoms with van der Waals surface area (Å²) in [5.74, 6) is 1.87. The maximum absolute atomic E-state index is 13.8. The summed E-state index contributed by atoms with van der Waals surface area (Å²) in [6, 6.07) is 10.9. The van der Waals surface area contributed by atoms with Crippen molar-refractivity contribution in [2.24, 2.45) is 29.1 Å². The lowest BCUT2D eigenvalue weighted by atomic mass is 9.49. The highest BCUT2D eigenvalue weighted by molar-refractivity contribution is 6.05. The van der Waals surface area contributed by atoms with Gasteiger partial charge in [-0.3, -0.25) is 4.79 Å². The molecule has 6 rings (SSSR count). The van der Waals surface area contributed by atoms with Gasteiger partial charge in [-0.1, -0.05) is 56.0 Å². The van der Waals surface area contributed by atoms with Crippen LogP contribution in [0.2, 0.25) is 0 Å². The molecule has 0 heterocycles. The summed E-state index contributed by atoms with van der Waals surface area (Å²) in [6.07, 6.45) is 13.7. The van der Waals surface area contributed by atoms with Crippen LogP contribution in [0.4, 0.5) is 0 Å². The van der Waals surface area contributed by atoms with Crippen molar-refractivity contribution in [3.05, 3.63) is 42.0 Å². The molecular weight excluding hydrogens is 450 g/mol. The number of carbonyl (C=O) groups excluding carboxylic acids is 1. The van der Waals surface area contributed by atoms with Gasteiger partial charge >= 0.3 is 5.97 Å². The molecule has 2 aromatic rings. The van der Waals surface area contributed by atoms with Gasteiger partial charge in [-0.25, -0.2) is 4.79 Å². The Bertz CT molecular complexity index is 1130. The van der Waals surface area contributed by atoms with Crippen LogP contribution < -0.4 is 10.1 Å². The van der Waals surface area contributed by atoms with Gasteiger partial charge in [0.25, 0.3) is 5.91 Å². The Morgan fingerprint density at radius 1 is 0.972 bits per heavy atom. The zero-order chi connectivity index (χ0) is 24.7. The molecule has 5 atom stereocenters. The van der Waals surface area contributed by atoms with Crippen LogP contribution in [0, 0.1) is 29.1 Å². The summed E-state index contributed by atoms with van der Waals surface area (Å²) >= 11 is 0. The van der Waals surface area contributed by atoms with Crippen LogP contribution in [-0.4, -0.2) is 29.6 Å². The Kier molecular flexibility index (Phi) is 6.43. The largest absolute Gasteiger partial charge is 0.492 e. The van der Waals surface area contributed by atoms with E-state index in [1.165, 1.54) is 51.4 Å². The summed E-state index contributed by atoms with van der Waals surface area (Å²) in [4.78, 5) is 26.4. The highest BCUT2D eigenvalue weighted by Crippen LogP contribution is 2.59. The lowest BCUT2D eigenvalue weighted by Crippen LogP contribution is -2.58. The highest BCUT2D eigenvalue weighted by atomic mass is 16.5. The predicted octanol–water partition coefficient (Wildman–Crippen LogP) is 6.59. The van der Waals surface area contributed by atoms with Crippen molar-refractivity contribution in [3.63, 3.8) is 0 Å². The van der Waals surface area contributed by atoms with Crippen molar-refractivity contribution < 1.29 is 19.4 Å². The van der Waals surface area contributed by atoms with E-state index in [1.807, 2.05) is 36.4 Å². The molecule has 0 aliphatic heterocycles. The molecule has 4 fully saturated rings. The Balaban J connectivity index is 1.28. The fourth-order valence-electron chi connectivity index (χ4n) is 8.29. The number of hydrogen-bond donors (Lipinski definition) is 2. The first-order valence-corrected chi connectivity index (χ1v) is 14.2. The quantitative estimate of drug-likeness (QED) is 0.460. The minimum absolute atomic E-state index is 0.320. The maximum Gasteiger partial charge on any atom is 0.326 e. The van der Waals surface area contributed by atoms with E-state index in [2.05, 4.69) is 5.32 Å². The SMILES string of the molecule is O=C(N[C@H](C(=O)O)C12CCC3CCC(CC3C1)C2)c1ccc2ccccc2c1OCC1CCCCC1. The van der Waals surface area contributed by atoms with E-state index in [0.29, 0.717) is 35.7 Å². The van der Waals surface area contributed by atoms with Crippen molar-refractivity contribution in [2.45, 2.75) is 83.1 Å². The van der Waals surface area contributed by atoms with Crippen molar-refractivity contribution in [2.75, 3.05) is 6.61 Å². The minimum Gasteiger partial charge on any atom is -0.492 e. The van der Waals surface area contributed by atoms with Gasteiger partial charge in [-0.2, -0.15) is 0 Å². The lowest BCUT2D eigenvalue weighted by Gasteiger charge is -2.56. The predicted molar refractivity (Wildman–Crippen MR) is 140 cm³/mol. The number of rotatable bonds is 7. The van der Waals surface area contributed by atoms with Crippen LogP contribution >= 0.6 is 0 Å². The van der Waals surface area contributed by atoms with Gasteiger partial charge in [0.2, 0.25) is 0 Å². The van der Waals surface area contributed by atoms with E-state index in [-0.39, 0.29) is 11.3 Å². The standard InChI is InChI=1S/C31H39NO4/c33-29(32-28(30(34)35)31-15-14-22-11-10-21(17-31)16-24(22)18-31)26-13-12-23-8-4-5-9-25(23)27(26)36-19-20-6-2-1-3-7-20/h4-5,8-9,12-13,20-22,24,28H,1-3,6-7,10-11,14-19H2,(H,32,33)(H,34,35)/t21?,22?,24?,28-,31?/m1/s1. The molecule has 2 N–H and O–H groups in total. The number of fused-ring (bicyclic) bond motifs is 3. The van der Waals surface area contributed by atoms with Crippen molar-refractivity contribution in [3.8, 4) is 5.75 Å². The molecule has 5 heteroatoms. The number of nitrogens with one attached hydrogen (secondary N) is 1. The van der Waals surface area contributed by atoms with E-state index in [9.17, 15) is 14.7 Å². The maximum atomic E-state index is 13.8. The molecular formula is C31H39NO4. The van der Waals surface area contributed by atoms with E-state index in [4.69, 9.17) is 4.74 Å². The van der Waals surface area contributed by atoms with E-state index >= 15 is 0 Å². The Labute approximate surface area is 214 Å². The van der Waals surface area contributed by atoms with E-state index in [0.717, 1.165) is 42.4 Å². The third-order valence-electron chi connectivity index (χ3n) is 10.1. The Hall–Kier alpha value is -2.56. The second-order valence-corrected chi connectivity index (χ2v) is 12.2. The van der Waals surface area contributed by atoms with Crippen molar-refractivity contribution >= 4 is 22.6 Å². The van der Waals surface area contributed by atoms with E-state index < -0.39 is 12.0 Å². The zero-order valence-electron chi connectivity index (χ0n) is 21.2. The number of hydrogen-bond acceptors (Lipinski definition) is 3. The first-order chi connectivity index (χ1) is 17.5. The number of benzene rings is 2. The second-order valence-electron chi connectivity index (χ2n) is 12.2. The molecule has 36 heavy (non-hydrogen) atoms. The first kappa shape index (κ1) is 23.8. The fourth-order valence-corrected chi connectivity index (χ4v) is 8.29.